The minimum atomic E-state index is -0.246. The Morgan fingerprint density at radius 1 is 1.42 bits per heavy atom. The molecular formula is C13H12BrN3O2. The third-order valence-electron chi connectivity index (χ3n) is 3.03. The number of hydrogen-bond donors (Lipinski definition) is 1. The molecule has 0 spiro atoms. The van der Waals surface area contributed by atoms with Crippen molar-refractivity contribution in [1.82, 2.24) is 10.2 Å². The molecule has 6 heteroatoms. The Kier molecular flexibility index (Phi) is 3.10. The molecule has 1 amide bonds. The van der Waals surface area contributed by atoms with E-state index >= 15 is 0 Å². The van der Waals surface area contributed by atoms with E-state index in [0.717, 1.165) is 22.9 Å². The number of anilines is 1. The zero-order chi connectivity index (χ0) is 13.4. The molecule has 1 heterocycles. The minimum absolute atomic E-state index is 0.159. The fourth-order valence-corrected chi connectivity index (χ4v) is 2.14. The van der Waals surface area contributed by atoms with Crippen LogP contribution in [-0.4, -0.2) is 16.1 Å². The second-order valence-electron chi connectivity index (χ2n) is 4.63. The largest absolute Gasteiger partial charge is 0.408 e. The maximum Gasteiger partial charge on any atom is 0.322 e. The van der Waals surface area contributed by atoms with E-state index in [-0.39, 0.29) is 11.9 Å². The van der Waals surface area contributed by atoms with Gasteiger partial charge in [0.2, 0.25) is 5.89 Å². The number of nitrogens with zero attached hydrogens (tertiary/aromatic N) is 2. The predicted molar refractivity (Wildman–Crippen MR) is 73.1 cm³/mol. The maximum atomic E-state index is 12.1. The van der Waals surface area contributed by atoms with Crippen molar-refractivity contribution in [1.29, 1.82) is 0 Å². The van der Waals surface area contributed by atoms with Crippen LogP contribution >= 0.6 is 15.9 Å². The molecule has 19 heavy (non-hydrogen) atoms. The second-order valence-corrected chi connectivity index (χ2v) is 5.55. The van der Waals surface area contributed by atoms with E-state index in [4.69, 9.17) is 4.42 Å². The molecule has 3 rings (SSSR count). The minimum Gasteiger partial charge on any atom is -0.408 e. The third kappa shape index (κ3) is 2.68. The van der Waals surface area contributed by atoms with E-state index in [9.17, 15) is 4.79 Å². The Hall–Kier alpha value is -1.69. The number of carbonyl (C=O) groups excluding carboxylic acids is 1. The number of amides is 1. The molecular weight excluding hydrogens is 310 g/mol. The van der Waals surface area contributed by atoms with Gasteiger partial charge in [0.1, 0.15) is 0 Å². The first-order chi connectivity index (χ1) is 9.13. The van der Waals surface area contributed by atoms with Gasteiger partial charge in [0, 0.05) is 16.0 Å². The summed E-state index contributed by atoms with van der Waals surface area (Å²) in [6.07, 6.45) is 2.17. The predicted octanol–water partition coefficient (Wildman–Crippen LogP) is 3.27. The van der Waals surface area contributed by atoms with E-state index < -0.39 is 0 Å². The van der Waals surface area contributed by atoms with Crippen molar-refractivity contribution in [3.63, 3.8) is 0 Å². The highest BCUT2D eigenvalue weighted by Gasteiger charge is 2.29. The highest BCUT2D eigenvalue weighted by Crippen LogP contribution is 2.39. The molecule has 1 aliphatic rings. The standard InChI is InChI=1S/C13H12BrN3O2/c1-7-2-5-9(14)6-10(7)11(18)15-13-17-16-12(19-13)8-3-4-8/h2,5-6,8H,3-4H2,1H3,(H,15,17,18). The SMILES string of the molecule is Cc1ccc(Br)cc1C(=O)Nc1nnc(C2CC2)o1. The third-order valence-corrected chi connectivity index (χ3v) is 3.53. The molecule has 1 N–H and O–H groups in total. The molecule has 1 saturated carbocycles. The van der Waals surface area contributed by atoms with Gasteiger partial charge < -0.3 is 4.42 Å². The Morgan fingerprint density at radius 3 is 2.95 bits per heavy atom. The van der Waals surface area contributed by atoms with E-state index in [2.05, 4.69) is 31.4 Å². The number of aryl methyl sites for hydroxylation is 1. The van der Waals surface area contributed by atoms with E-state index in [1.54, 1.807) is 6.07 Å². The summed E-state index contributed by atoms with van der Waals surface area (Å²) in [5.41, 5.74) is 1.48. The molecule has 5 nitrogen and oxygen atoms in total. The van der Waals surface area contributed by atoms with Gasteiger partial charge in [-0.25, -0.2) is 0 Å². The van der Waals surface area contributed by atoms with Crippen molar-refractivity contribution in [3.8, 4) is 0 Å². The summed E-state index contributed by atoms with van der Waals surface area (Å²) in [6, 6.07) is 5.70. The maximum absolute atomic E-state index is 12.1. The van der Waals surface area contributed by atoms with Gasteiger partial charge in [-0.1, -0.05) is 27.1 Å². The molecule has 0 radical (unpaired) electrons. The van der Waals surface area contributed by atoms with E-state index in [1.807, 2.05) is 19.1 Å². The monoisotopic (exact) mass is 321 g/mol. The lowest BCUT2D eigenvalue weighted by molar-refractivity contribution is 0.102. The van der Waals surface area contributed by atoms with Gasteiger partial charge in [-0.05, 0) is 37.5 Å². The van der Waals surface area contributed by atoms with Gasteiger partial charge >= 0.3 is 6.01 Å². The highest BCUT2D eigenvalue weighted by molar-refractivity contribution is 9.10. The lowest BCUT2D eigenvalue weighted by Crippen LogP contribution is -2.13. The first-order valence-electron chi connectivity index (χ1n) is 6.04. The zero-order valence-corrected chi connectivity index (χ0v) is 11.9. The van der Waals surface area contributed by atoms with Crippen LogP contribution < -0.4 is 5.32 Å². The fourth-order valence-electron chi connectivity index (χ4n) is 1.78. The highest BCUT2D eigenvalue weighted by atomic mass is 79.9. The van der Waals surface area contributed by atoms with Crippen LogP contribution in [-0.2, 0) is 0 Å². The van der Waals surface area contributed by atoms with Crippen LogP contribution in [0, 0.1) is 6.92 Å². The van der Waals surface area contributed by atoms with Crippen molar-refractivity contribution in [2.24, 2.45) is 0 Å². The summed E-state index contributed by atoms with van der Waals surface area (Å²) in [4.78, 5) is 12.1. The van der Waals surface area contributed by atoms with Crippen molar-refractivity contribution in [2.45, 2.75) is 25.7 Å². The first kappa shape index (κ1) is 12.3. The number of hydrogen-bond acceptors (Lipinski definition) is 4. The number of aromatic nitrogens is 2. The molecule has 1 fully saturated rings. The Bertz CT molecular complexity index is 635. The summed E-state index contributed by atoms with van der Waals surface area (Å²) in [6.45, 7) is 1.88. The van der Waals surface area contributed by atoms with Crippen molar-refractivity contribution < 1.29 is 9.21 Å². The van der Waals surface area contributed by atoms with Crippen LogP contribution in [0.15, 0.2) is 27.1 Å². The van der Waals surface area contributed by atoms with Gasteiger partial charge in [-0.3, -0.25) is 10.1 Å². The molecule has 1 aliphatic carbocycles. The molecule has 0 aliphatic heterocycles. The van der Waals surface area contributed by atoms with Crippen LogP contribution in [0.1, 0.15) is 40.6 Å². The summed E-state index contributed by atoms with van der Waals surface area (Å²) in [5, 5.41) is 10.4. The molecule has 98 valence electrons. The average Bonchev–Trinajstić information content (AvgIpc) is 3.13. The number of nitrogens with one attached hydrogen (secondary N) is 1. The molecule has 0 unspecified atom stereocenters. The molecule has 0 saturated heterocycles. The van der Waals surface area contributed by atoms with Gasteiger partial charge in [-0.15, -0.1) is 5.10 Å². The Labute approximate surface area is 118 Å². The van der Waals surface area contributed by atoms with E-state index in [1.165, 1.54) is 0 Å². The summed E-state index contributed by atoms with van der Waals surface area (Å²) >= 11 is 3.35. The number of benzene rings is 1. The van der Waals surface area contributed by atoms with Crippen LogP contribution in [0.3, 0.4) is 0 Å². The number of carbonyl (C=O) groups is 1. The summed E-state index contributed by atoms with van der Waals surface area (Å²) < 4.78 is 6.26. The van der Waals surface area contributed by atoms with Crippen LogP contribution in [0.2, 0.25) is 0 Å². The molecule has 1 aromatic heterocycles. The number of halogens is 1. The Balaban J connectivity index is 1.77. The van der Waals surface area contributed by atoms with Crippen molar-refractivity contribution >= 4 is 27.9 Å². The molecule has 1 aromatic carbocycles. The van der Waals surface area contributed by atoms with Crippen molar-refractivity contribution in [2.75, 3.05) is 5.32 Å². The molecule has 2 aromatic rings. The summed E-state index contributed by atoms with van der Waals surface area (Å²) in [5.74, 6) is 0.747. The molecule has 0 atom stereocenters. The lowest BCUT2D eigenvalue weighted by atomic mass is 10.1. The number of rotatable bonds is 3. The molecule has 0 bridgehead atoms. The smallest absolute Gasteiger partial charge is 0.322 e. The average molecular weight is 322 g/mol. The van der Waals surface area contributed by atoms with Crippen LogP contribution in [0.5, 0.6) is 0 Å². The van der Waals surface area contributed by atoms with E-state index in [0.29, 0.717) is 17.4 Å². The zero-order valence-electron chi connectivity index (χ0n) is 10.3. The normalized spacial score (nSPS) is 14.4. The lowest BCUT2D eigenvalue weighted by Gasteiger charge is -2.04. The van der Waals surface area contributed by atoms with Gasteiger partial charge in [0.15, 0.2) is 0 Å². The quantitative estimate of drug-likeness (QED) is 0.942. The van der Waals surface area contributed by atoms with Crippen molar-refractivity contribution in [3.05, 3.63) is 39.7 Å². The first-order valence-corrected chi connectivity index (χ1v) is 6.83. The fraction of sp³-hybridized carbons (Fsp3) is 0.308. The topological polar surface area (TPSA) is 68.0 Å². The van der Waals surface area contributed by atoms with Gasteiger partial charge in [-0.2, -0.15) is 0 Å². The van der Waals surface area contributed by atoms with Gasteiger partial charge in [0.25, 0.3) is 5.91 Å². The van der Waals surface area contributed by atoms with Gasteiger partial charge in [0.05, 0.1) is 0 Å². The van der Waals surface area contributed by atoms with Crippen LogP contribution in [0.25, 0.3) is 0 Å². The Morgan fingerprint density at radius 2 is 2.21 bits per heavy atom. The van der Waals surface area contributed by atoms with Crippen LogP contribution in [0.4, 0.5) is 6.01 Å². The summed E-state index contributed by atoms with van der Waals surface area (Å²) in [7, 11) is 0. The second kappa shape index (κ2) is 4.77.